The Hall–Kier alpha value is -3.27. The number of carbonyl (C=O) groups excluding carboxylic acids is 2. The summed E-state index contributed by atoms with van der Waals surface area (Å²) in [6, 6.07) is 12.9. The molecule has 0 saturated carbocycles. The molecule has 0 radical (unpaired) electrons. The van der Waals surface area contributed by atoms with Gasteiger partial charge in [-0.1, -0.05) is 38.1 Å². The van der Waals surface area contributed by atoms with Crippen molar-refractivity contribution in [1.82, 2.24) is 10.2 Å². The molecule has 2 aromatic carbocycles. The number of nitrogens with one attached hydrogen (secondary N) is 1. The van der Waals surface area contributed by atoms with Gasteiger partial charge in [-0.2, -0.15) is 0 Å². The van der Waals surface area contributed by atoms with Crippen LogP contribution < -0.4 is 19.1 Å². The van der Waals surface area contributed by atoms with E-state index < -0.39 is 28.5 Å². The average Bonchev–Trinajstić information content (AvgIpc) is 2.86. The number of carbonyl (C=O) groups is 2. The van der Waals surface area contributed by atoms with Crippen LogP contribution in [0.25, 0.3) is 0 Å². The number of benzene rings is 2. The molecule has 2 amide bonds. The number of ether oxygens (including phenoxy) is 2. The smallest absolute Gasteiger partial charge is 0.244 e. The number of rotatable bonds is 13. The number of para-hydroxylation sites is 2. The van der Waals surface area contributed by atoms with E-state index in [1.165, 1.54) is 12.0 Å². The first kappa shape index (κ1) is 29.0. The van der Waals surface area contributed by atoms with Crippen molar-refractivity contribution in [1.29, 1.82) is 0 Å². The summed E-state index contributed by atoms with van der Waals surface area (Å²) in [7, 11) is -0.850. The predicted molar refractivity (Wildman–Crippen MR) is 141 cm³/mol. The Labute approximate surface area is 214 Å². The molecule has 1 N–H and O–H groups in total. The average molecular weight is 520 g/mol. The van der Waals surface area contributed by atoms with Crippen molar-refractivity contribution in [3.8, 4) is 11.5 Å². The summed E-state index contributed by atoms with van der Waals surface area (Å²) in [4.78, 5) is 28.3. The Morgan fingerprint density at radius 3 is 2.14 bits per heavy atom. The normalized spacial score (nSPS) is 12.8. The zero-order valence-electron chi connectivity index (χ0n) is 21.9. The van der Waals surface area contributed by atoms with Crippen molar-refractivity contribution in [3.63, 3.8) is 0 Å². The van der Waals surface area contributed by atoms with Crippen molar-refractivity contribution in [2.75, 3.05) is 31.3 Å². The van der Waals surface area contributed by atoms with Gasteiger partial charge in [0.15, 0.2) is 0 Å². The van der Waals surface area contributed by atoms with E-state index in [0.29, 0.717) is 17.9 Å². The summed E-state index contributed by atoms with van der Waals surface area (Å²) in [5, 5.41) is 2.95. The van der Waals surface area contributed by atoms with Gasteiger partial charge in [0, 0.05) is 12.6 Å². The first-order valence-electron chi connectivity index (χ1n) is 11.9. The highest BCUT2D eigenvalue weighted by Crippen LogP contribution is 2.30. The van der Waals surface area contributed by atoms with Gasteiger partial charge in [-0.15, -0.1) is 0 Å². The molecular weight excluding hydrogens is 482 g/mol. The highest BCUT2D eigenvalue weighted by molar-refractivity contribution is 7.92. The topological polar surface area (TPSA) is 105 Å². The van der Waals surface area contributed by atoms with Crippen molar-refractivity contribution in [3.05, 3.63) is 54.1 Å². The molecule has 0 fully saturated rings. The summed E-state index contributed by atoms with van der Waals surface area (Å²) in [5.74, 6) is 0.196. The van der Waals surface area contributed by atoms with E-state index in [1.54, 1.807) is 43.5 Å². The molecule has 198 valence electrons. The van der Waals surface area contributed by atoms with Gasteiger partial charge in [-0.25, -0.2) is 8.42 Å². The van der Waals surface area contributed by atoms with Crippen LogP contribution in [0.3, 0.4) is 0 Å². The maximum absolute atomic E-state index is 13.7. The van der Waals surface area contributed by atoms with Crippen LogP contribution in [-0.2, 0) is 26.2 Å². The van der Waals surface area contributed by atoms with Gasteiger partial charge in [0.2, 0.25) is 21.8 Å². The Morgan fingerprint density at radius 1 is 0.972 bits per heavy atom. The highest BCUT2D eigenvalue weighted by Gasteiger charge is 2.32. The van der Waals surface area contributed by atoms with Crippen molar-refractivity contribution >= 4 is 27.5 Å². The number of amides is 2. The van der Waals surface area contributed by atoms with Crippen LogP contribution in [-0.4, -0.2) is 64.2 Å². The molecule has 2 atom stereocenters. The standard InChI is InChI=1S/C26H37N3O6S/c1-7-19(3)27-26(31)22(8-2)28(17-20-13-15-21(34-4)16-14-20)25(30)18-29(36(6,32)33)23-11-9-10-12-24(23)35-5/h9-16,19,22H,7-8,17-18H2,1-6H3,(H,27,31)/t19-,22+/m0/s1. The minimum absolute atomic E-state index is 0.0643. The second-order valence-electron chi connectivity index (χ2n) is 8.55. The third-order valence-electron chi connectivity index (χ3n) is 5.93. The van der Waals surface area contributed by atoms with Crippen LogP contribution in [0.1, 0.15) is 39.2 Å². The third-order valence-corrected chi connectivity index (χ3v) is 7.06. The van der Waals surface area contributed by atoms with E-state index in [-0.39, 0.29) is 24.2 Å². The Kier molecular flexibility index (Phi) is 10.6. The van der Waals surface area contributed by atoms with Gasteiger partial charge in [0.25, 0.3) is 0 Å². The minimum Gasteiger partial charge on any atom is -0.497 e. The lowest BCUT2D eigenvalue weighted by Crippen LogP contribution is -2.53. The molecule has 0 saturated heterocycles. The Bertz CT molecular complexity index is 1120. The van der Waals surface area contributed by atoms with Gasteiger partial charge in [0.05, 0.1) is 26.2 Å². The molecule has 0 spiro atoms. The fraction of sp³-hybridized carbons (Fsp3) is 0.462. The molecule has 9 nitrogen and oxygen atoms in total. The zero-order chi connectivity index (χ0) is 26.9. The molecule has 0 aliphatic carbocycles. The number of nitrogens with zero attached hydrogens (tertiary/aromatic N) is 2. The van der Waals surface area contributed by atoms with Gasteiger partial charge in [0.1, 0.15) is 24.1 Å². The summed E-state index contributed by atoms with van der Waals surface area (Å²) >= 11 is 0. The second kappa shape index (κ2) is 13.2. The van der Waals surface area contributed by atoms with Gasteiger partial charge in [-0.05, 0) is 49.6 Å². The van der Waals surface area contributed by atoms with Crippen LogP contribution in [0.5, 0.6) is 11.5 Å². The van der Waals surface area contributed by atoms with Crippen molar-refractivity contribution in [2.24, 2.45) is 0 Å². The number of hydrogen-bond acceptors (Lipinski definition) is 6. The Morgan fingerprint density at radius 2 is 1.61 bits per heavy atom. The molecule has 0 heterocycles. The van der Waals surface area contributed by atoms with Gasteiger partial charge in [-0.3, -0.25) is 13.9 Å². The van der Waals surface area contributed by atoms with Crippen LogP contribution >= 0.6 is 0 Å². The molecule has 2 aromatic rings. The first-order chi connectivity index (χ1) is 17.0. The van der Waals surface area contributed by atoms with Crippen molar-refractivity contribution in [2.45, 2.75) is 52.2 Å². The summed E-state index contributed by atoms with van der Waals surface area (Å²) in [6.45, 7) is 5.32. The summed E-state index contributed by atoms with van der Waals surface area (Å²) in [6.07, 6.45) is 2.13. The molecule has 0 aliphatic heterocycles. The molecule has 0 bridgehead atoms. The molecule has 36 heavy (non-hydrogen) atoms. The van der Waals surface area contributed by atoms with Crippen LogP contribution in [0.2, 0.25) is 0 Å². The van der Waals surface area contributed by atoms with E-state index in [0.717, 1.165) is 22.5 Å². The van der Waals surface area contributed by atoms with Crippen molar-refractivity contribution < 1.29 is 27.5 Å². The number of anilines is 1. The van der Waals surface area contributed by atoms with Gasteiger partial charge >= 0.3 is 0 Å². The predicted octanol–water partition coefficient (Wildman–Crippen LogP) is 3.19. The van der Waals surface area contributed by atoms with Crippen LogP contribution in [0.4, 0.5) is 5.69 Å². The fourth-order valence-electron chi connectivity index (χ4n) is 3.72. The van der Waals surface area contributed by atoms with Crippen LogP contribution in [0.15, 0.2) is 48.5 Å². The lowest BCUT2D eigenvalue weighted by atomic mass is 10.1. The largest absolute Gasteiger partial charge is 0.497 e. The van der Waals surface area contributed by atoms with E-state index in [9.17, 15) is 18.0 Å². The first-order valence-corrected chi connectivity index (χ1v) is 13.7. The number of hydrogen-bond donors (Lipinski definition) is 1. The molecular formula is C26H37N3O6S. The molecule has 2 rings (SSSR count). The van der Waals surface area contributed by atoms with E-state index in [1.807, 2.05) is 32.9 Å². The fourth-order valence-corrected chi connectivity index (χ4v) is 4.57. The lowest BCUT2D eigenvalue weighted by Gasteiger charge is -2.33. The highest BCUT2D eigenvalue weighted by atomic mass is 32.2. The molecule has 0 aromatic heterocycles. The molecule has 0 aliphatic rings. The van der Waals surface area contributed by atoms with Gasteiger partial charge < -0.3 is 19.7 Å². The third kappa shape index (κ3) is 7.61. The summed E-state index contributed by atoms with van der Waals surface area (Å²) in [5.41, 5.74) is 1.03. The molecule has 0 unspecified atom stereocenters. The SMILES string of the molecule is CC[C@H](C(=O)N[C@@H](C)CC)N(Cc1ccc(OC)cc1)C(=O)CN(c1ccccc1OC)S(C)(=O)=O. The number of methoxy groups -OCH3 is 2. The van der Waals surface area contributed by atoms with E-state index in [4.69, 9.17) is 9.47 Å². The second-order valence-corrected chi connectivity index (χ2v) is 10.5. The zero-order valence-corrected chi connectivity index (χ0v) is 22.7. The molecule has 10 heteroatoms. The quantitative estimate of drug-likeness (QED) is 0.436. The maximum atomic E-state index is 13.7. The van der Waals surface area contributed by atoms with E-state index >= 15 is 0 Å². The monoisotopic (exact) mass is 519 g/mol. The Balaban J connectivity index is 2.47. The lowest BCUT2D eigenvalue weighted by molar-refractivity contribution is -0.140. The number of sulfonamides is 1. The van der Waals surface area contributed by atoms with Crippen LogP contribution in [0, 0.1) is 0 Å². The maximum Gasteiger partial charge on any atom is 0.244 e. The van der Waals surface area contributed by atoms with E-state index in [2.05, 4.69) is 5.32 Å². The minimum atomic E-state index is -3.85. The summed E-state index contributed by atoms with van der Waals surface area (Å²) < 4.78 is 37.1.